The fourth-order valence-corrected chi connectivity index (χ4v) is 5.21. The van der Waals surface area contributed by atoms with Crippen LogP contribution in [0.3, 0.4) is 0 Å². The standard InChI is InChI=1S/C23H30N4O4/c1-15-4-6-16(7-5-15)25-21(29)18-19(28)17-3-2-8-24-20(17)27(22(18)30)10-9-26-11-23(12-26)13-31-14-23/h2-3,8,15-16,28H,4-7,9-14H2,1H3,(H,25,29). The minimum Gasteiger partial charge on any atom is -0.506 e. The van der Waals surface area contributed by atoms with Crippen LogP contribution in [0.4, 0.5) is 0 Å². The van der Waals surface area contributed by atoms with Gasteiger partial charge in [-0.15, -0.1) is 0 Å². The molecule has 1 spiro atoms. The third-order valence-corrected chi connectivity index (χ3v) is 7.15. The van der Waals surface area contributed by atoms with Crippen LogP contribution in [0, 0.1) is 11.3 Å². The van der Waals surface area contributed by atoms with E-state index < -0.39 is 11.5 Å². The second-order valence-electron chi connectivity index (χ2n) is 9.69. The number of carbonyl (C=O) groups is 1. The lowest BCUT2D eigenvalue weighted by atomic mass is 9.78. The molecule has 3 aliphatic rings. The van der Waals surface area contributed by atoms with Crippen molar-refractivity contribution in [2.75, 3.05) is 32.8 Å². The fraction of sp³-hybridized carbons (Fsp3) is 0.609. The monoisotopic (exact) mass is 426 g/mol. The third kappa shape index (κ3) is 3.72. The lowest BCUT2D eigenvalue weighted by molar-refractivity contribution is -0.189. The van der Waals surface area contributed by atoms with E-state index >= 15 is 0 Å². The van der Waals surface area contributed by atoms with Gasteiger partial charge >= 0.3 is 0 Å². The molecule has 0 atom stereocenters. The predicted octanol–water partition coefficient (Wildman–Crippen LogP) is 1.74. The molecule has 3 fully saturated rings. The van der Waals surface area contributed by atoms with Crippen LogP contribution in [0.15, 0.2) is 23.1 Å². The maximum absolute atomic E-state index is 13.3. The summed E-state index contributed by atoms with van der Waals surface area (Å²) in [5.74, 6) is -0.103. The average molecular weight is 427 g/mol. The number of rotatable bonds is 5. The number of ether oxygens (including phenoxy) is 1. The van der Waals surface area contributed by atoms with Crippen LogP contribution in [0.2, 0.25) is 0 Å². The SMILES string of the molecule is CC1CCC(NC(=O)c2c(O)c3cccnc3n(CCN3CC4(COC4)C3)c2=O)CC1. The first kappa shape index (κ1) is 20.5. The molecule has 2 aromatic heterocycles. The van der Waals surface area contributed by atoms with Crippen molar-refractivity contribution in [1.29, 1.82) is 0 Å². The first-order valence-corrected chi connectivity index (χ1v) is 11.3. The van der Waals surface area contributed by atoms with Crippen molar-refractivity contribution in [3.8, 4) is 5.75 Å². The first-order chi connectivity index (χ1) is 15.0. The second kappa shape index (κ2) is 7.91. The molecule has 2 saturated heterocycles. The fourth-order valence-electron chi connectivity index (χ4n) is 5.21. The third-order valence-electron chi connectivity index (χ3n) is 7.15. The summed E-state index contributed by atoms with van der Waals surface area (Å²) < 4.78 is 6.86. The number of hydrogen-bond acceptors (Lipinski definition) is 6. The van der Waals surface area contributed by atoms with Crippen LogP contribution >= 0.6 is 0 Å². The number of nitrogens with zero attached hydrogens (tertiary/aromatic N) is 3. The van der Waals surface area contributed by atoms with E-state index in [0.29, 0.717) is 35.5 Å². The number of pyridine rings is 2. The smallest absolute Gasteiger partial charge is 0.268 e. The van der Waals surface area contributed by atoms with E-state index in [4.69, 9.17) is 4.74 Å². The number of aromatic nitrogens is 2. The Labute approximate surface area is 181 Å². The van der Waals surface area contributed by atoms with E-state index in [1.54, 1.807) is 18.3 Å². The van der Waals surface area contributed by atoms with Crippen molar-refractivity contribution in [1.82, 2.24) is 19.8 Å². The van der Waals surface area contributed by atoms with E-state index in [1.165, 1.54) is 4.57 Å². The molecule has 166 valence electrons. The molecule has 1 saturated carbocycles. The van der Waals surface area contributed by atoms with E-state index in [-0.39, 0.29) is 17.4 Å². The number of amides is 1. The molecule has 4 heterocycles. The topological polar surface area (TPSA) is 96.7 Å². The van der Waals surface area contributed by atoms with Crippen molar-refractivity contribution in [2.45, 2.75) is 45.2 Å². The molecule has 8 heteroatoms. The normalized spacial score (nSPS) is 25.2. The Morgan fingerprint density at radius 3 is 2.68 bits per heavy atom. The van der Waals surface area contributed by atoms with Gasteiger partial charge in [0.25, 0.3) is 11.5 Å². The molecule has 0 bridgehead atoms. The van der Waals surface area contributed by atoms with Crippen LogP contribution in [0.25, 0.3) is 11.0 Å². The van der Waals surface area contributed by atoms with Gasteiger partial charge in [0.1, 0.15) is 17.0 Å². The van der Waals surface area contributed by atoms with Gasteiger partial charge in [-0.2, -0.15) is 0 Å². The van der Waals surface area contributed by atoms with Crippen molar-refractivity contribution in [3.63, 3.8) is 0 Å². The van der Waals surface area contributed by atoms with Gasteiger partial charge in [-0.3, -0.25) is 14.2 Å². The van der Waals surface area contributed by atoms with Gasteiger partial charge in [0.15, 0.2) is 0 Å². The molecule has 0 unspecified atom stereocenters. The highest BCUT2D eigenvalue weighted by Gasteiger charge is 2.48. The lowest BCUT2D eigenvalue weighted by Crippen LogP contribution is -2.66. The van der Waals surface area contributed by atoms with E-state index in [0.717, 1.165) is 52.0 Å². The summed E-state index contributed by atoms with van der Waals surface area (Å²) in [6.07, 6.45) is 5.52. The molecule has 2 aromatic rings. The Kier molecular flexibility index (Phi) is 5.22. The van der Waals surface area contributed by atoms with Gasteiger partial charge in [0.05, 0.1) is 18.6 Å². The molecule has 1 aliphatic carbocycles. The maximum Gasteiger partial charge on any atom is 0.268 e. The first-order valence-electron chi connectivity index (χ1n) is 11.3. The van der Waals surface area contributed by atoms with Crippen molar-refractivity contribution in [2.24, 2.45) is 11.3 Å². The summed E-state index contributed by atoms with van der Waals surface area (Å²) in [4.78, 5) is 33.0. The van der Waals surface area contributed by atoms with Crippen molar-refractivity contribution < 1.29 is 14.6 Å². The summed E-state index contributed by atoms with van der Waals surface area (Å²) in [5.41, 5.74) is 0.0671. The molecule has 8 nitrogen and oxygen atoms in total. The van der Waals surface area contributed by atoms with Crippen molar-refractivity contribution >= 4 is 16.9 Å². The van der Waals surface area contributed by atoms with Crippen LogP contribution < -0.4 is 10.9 Å². The number of likely N-dealkylation sites (tertiary alicyclic amines) is 1. The molecule has 2 aliphatic heterocycles. The predicted molar refractivity (Wildman–Crippen MR) is 116 cm³/mol. The van der Waals surface area contributed by atoms with Gasteiger partial charge in [-0.05, 0) is 43.7 Å². The molecule has 0 radical (unpaired) electrons. The summed E-state index contributed by atoms with van der Waals surface area (Å²) >= 11 is 0. The molecule has 5 rings (SSSR count). The van der Waals surface area contributed by atoms with Gasteiger partial charge < -0.3 is 20.1 Å². The zero-order chi connectivity index (χ0) is 21.6. The Balaban J connectivity index is 1.40. The molecular weight excluding hydrogens is 396 g/mol. The van der Waals surface area contributed by atoms with Crippen LogP contribution in [-0.2, 0) is 11.3 Å². The van der Waals surface area contributed by atoms with Crippen molar-refractivity contribution in [3.05, 3.63) is 34.2 Å². The van der Waals surface area contributed by atoms with Gasteiger partial charge in [0, 0.05) is 43.8 Å². The summed E-state index contributed by atoms with van der Waals surface area (Å²) in [7, 11) is 0. The van der Waals surface area contributed by atoms with Crippen LogP contribution in [-0.4, -0.2) is 64.4 Å². The Hall–Kier alpha value is -2.45. The number of hydrogen-bond donors (Lipinski definition) is 2. The molecular formula is C23H30N4O4. The van der Waals surface area contributed by atoms with Gasteiger partial charge in [0.2, 0.25) is 0 Å². The highest BCUT2D eigenvalue weighted by atomic mass is 16.5. The van der Waals surface area contributed by atoms with E-state index in [2.05, 4.69) is 22.1 Å². The van der Waals surface area contributed by atoms with Gasteiger partial charge in [-0.25, -0.2) is 4.98 Å². The minimum atomic E-state index is -0.490. The Morgan fingerprint density at radius 1 is 1.26 bits per heavy atom. The lowest BCUT2D eigenvalue weighted by Gasteiger charge is -2.55. The molecule has 31 heavy (non-hydrogen) atoms. The molecule has 2 N–H and O–H groups in total. The average Bonchev–Trinajstić information content (AvgIpc) is 2.69. The quantitative estimate of drug-likeness (QED) is 0.756. The van der Waals surface area contributed by atoms with Crippen LogP contribution in [0.1, 0.15) is 43.0 Å². The number of aromatic hydroxyl groups is 1. The summed E-state index contributed by atoms with van der Waals surface area (Å²) in [6, 6.07) is 3.45. The summed E-state index contributed by atoms with van der Waals surface area (Å²) in [6.45, 7) is 6.91. The Morgan fingerprint density at radius 2 is 2.00 bits per heavy atom. The zero-order valence-corrected chi connectivity index (χ0v) is 18.0. The van der Waals surface area contributed by atoms with Gasteiger partial charge in [-0.1, -0.05) is 6.92 Å². The molecule has 0 aromatic carbocycles. The zero-order valence-electron chi connectivity index (χ0n) is 18.0. The highest BCUT2D eigenvalue weighted by Crippen LogP contribution is 2.37. The number of fused-ring (bicyclic) bond motifs is 1. The highest BCUT2D eigenvalue weighted by molar-refractivity contribution is 6.01. The summed E-state index contributed by atoms with van der Waals surface area (Å²) in [5, 5.41) is 14.2. The largest absolute Gasteiger partial charge is 0.506 e. The van der Waals surface area contributed by atoms with Crippen LogP contribution in [0.5, 0.6) is 5.75 Å². The second-order valence-corrected chi connectivity index (χ2v) is 9.69. The maximum atomic E-state index is 13.3. The molecule has 1 amide bonds. The Bertz CT molecular complexity index is 1050. The van der Waals surface area contributed by atoms with E-state index in [9.17, 15) is 14.7 Å². The van der Waals surface area contributed by atoms with E-state index in [1.807, 2.05) is 0 Å². The minimum absolute atomic E-state index is 0.0440. The number of nitrogens with one attached hydrogen (secondary N) is 1. The number of carbonyl (C=O) groups excluding carboxylic acids is 1.